The van der Waals surface area contributed by atoms with Gasteiger partial charge in [-0.05, 0) is 12.8 Å². The normalized spacial score (nSPS) is 18.7. The maximum atomic E-state index is 5.64. The lowest BCUT2D eigenvalue weighted by Crippen LogP contribution is -2.15. The van der Waals surface area contributed by atoms with Gasteiger partial charge in [0, 0.05) is 12.4 Å². The third-order valence-corrected chi connectivity index (χ3v) is 1.61. The predicted octanol–water partition coefficient (Wildman–Crippen LogP) is 0.277. The number of H-pyrrole nitrogens is 1. The van der Waals surface area contributed by atoms with E-state index in [1.807, 2.05) is 0 Å². The molecule has 0 saturated heterocycles. The summed E-state index contributed by atoms with van der Waals surface area (Å²) in [5.41, 5.74) is 5.64. The van der Waals surface area contributed by atoms with Crippen molar-refractivity contribution in [1.29, 1.82) is 0 Å². The molecule has 4 nitrogen and oxygen atoms in total. The average Bonchev–Trinajstić information content (AvgIpc) is 2.67. The summed E-state index contributed by atoms with van der Waals surface area (Å²) in [4.78, 5) is 11.1. The fraction of sp³-hybridized carbons (Fsp3) is 0.429. The zero-order valence-electron chi connectivity index (χ0n) is 6.12. The molecule has 2 rings (SSSR count). The smallest absolute Gasteiger partial charge is 0.172 e. The Labute approximate surface area is 64.5 Å². The molecule has 0 spiro atoms. The highest BCUT2D eigenvalue weighted by Crippen LogP contribution is 2.23. The molecule has 0 radical (unpaired) electrons. The summed E-state index contributed by atoms with van der Waals surface area (Å²) in [5, 5.41) is 0. The lowest BCUT2D eigenvalue weighted by molar-refractivity contribution is 1.05. The molecule has 4 heteroatoms. The largest absolute Gasteiger partial charge is 0.381 e. The number of hydrogen-bond acceptors (Lipinski definition) is 2. The highest BCUT2D eigenvalue weighted by atomic mass is 15.0. The van der Waals surface area contributed by atoms with Gasteiger partial charge in [0.15, 0.2) is 11.7 Å². The molecule has 1 aromatic heterocycles. The fourth-order valence-corrected chi connectivity index (χ4v) is 0.867. The Kier molecular flexibility index (Phi) is 1.38. The van der Waals surface area contributed by atoms with E-state index in [1.54, 1.807) is 12.4 Å². The fourth-order valence-electron chi connectivity index (χ4n) is 0.867. The van der Waals surface area contributed by atoms with Crippen LogP contribution in [0.5, 0.6) is 0 Å². The van der Waals surface area contributed by atoms with Crippen molar-refractivity contribution in [3.8, 4) is 0 Å². The number of aliphatic imine (C=N–C) groups is 1. The van der Waals surface area contributed by atoms with Crippen molar-refractivity contribution >= 4 is 5.84 Å². The summed E-state index contributed by atoms with van der Waals surface area (Å²) >= 11 is 0. The molecule has 1 aliphatic rings. The van der Waals surface area contributed by atoms with E-state index in [-0.39, 0.29) is 0 Å². The number of nitrogens with one attached hydrogen (secondary N) is 1. The van der Waals surface area contributed by atoms with Crippen LogP contribution in [0, 0.1) is 0 Å². The van der Waals surface area contributed by atoms with Gasteiger partial charge in [-0.3, -0.25) is 4.99 Å². The van der Waals surface area contributed by atoms with Crippen molar-refractivity contribution in [2.24, 2.45) is 10.7 Å². The van der Waals surface area contributed by atoms with Crippen LogP contribution < -0.4 is 5.73 Å². The van der Waals surface area contributed by atoms with Gasteiger partial charge in [0.25, 0.3) is 0 Å². The molecule has 11 heavy (non-hydrogen) atoms. The van der Waals surface area contributed by atoms with Gasteiger partial charge in [-0.2, -0.15) is 0 Å². The van der Waals surface area contributed by atoms with Crippen molar-refractivity contribution in [3.63, 3.8) is 0 Å². The van der Waals surface area contributed by atoms with E-state index in [1.165, 1.54) is 12.8 Å². The third kappa shape index (κ3) is 1.39. The van der Waals surface area contributed by atoms with Crippen LogP contribution in [0.3, 0.4) is 0 Å². The third-order valence-electron chi connectivity index (χ3n) is 1.61. The molecule has 0 unspecified atom stereocenters. The Morgan fingerprint density at radius 3 is 3.09 bits per heavy atom. The van der Waals surface area contributed by atoms with Crippen LogP contribution in [0.4, 0.5) is 0 Å². The minimum atomic E-state index is 0.458. The Morgan fingerprint density at radius 2 is 2.55 bits per heavy atom. The standard InChI is InChI=1S/C7H10N4/c8-6(11-5-1-2-5)7-9-3-4-10-7/h3-5H,1-2H2,(H2,8,11)(H,9,10). The van der Waals surface area contributed by atoms with Crippen LogP contribution in [0.2, 0.25) is 0 Å². The van der Waals surface area contributed by atoms with Crippen molar-refractivity contribution in [2.75, 3.05) is 0 Å². The van der Waals surface area contributed by atoms with Gasteiger partial charge < -0.3 is 10.7 Å². The van der Waals surface area contributed by atoms with Gasteiger partial charge in [0.05, 0.1) is 6.04 Å². The number of amidine groups is 1. The van der Waals surface area contributed by atoms with Crippen molar-refractivity contribution in [3.05, 3.63) is 18.2 Å². The number of aromatic amines is 1. The molecule has 0 aliphatic heterocycles. The van der Waals surface area contributed by atoms with Crippen LogP contribution in [-0.2, 0) is 0 Å². The van der Waals surface area contributed by atoms with Crippen LogP contribution in [-0.4, -0.2) is 21.8 Å². The molecule has 1 heterocycles. The second-order valence-corrected chi connectivity index (χ2v) is 2.68. The second kappa shape index (κ2) is 2.38. The molecular weight excluding hydrogens is 140 g/mol. The predicted molar refractivity (Wildman–Crippen MR) is 42.3 cm³/mol. The van der Waals surface area contributed by atoms with E-state index < -0.39 is 0 Å². The summed E-state index contributed by atoms with van der Waals surface area (Å²) in [7, 11) is 0. The molecule has 0 aromatic carbocycles. The summed E-state index contributed by atoms with van der Waals surface area (Å²) in [5.74, 6) is 1.20. The first-order chi connectivity index (χ1) is 5.36. The van der Waals surface area contributed by atoms with E-state index in [4.69, 9.17) is 5.73 Å². The summed E-state index contributed by atoms with van der Waals surface area (Å²) < 4.78 is 0. The quantitative estimate of drug-likeness (QED) is 0.469. The number of nitrogens with two attached hydrogens (primary N) is 1. The van der Waals surface area contributed by atoms with Crippen molar-refractivity contribution in [1.82, 2.24) is 9.97 Å². The average molecular weight is 150 g/mol. The molecule has 58 valence electrons. The summed E-state index contributed by atoms with van der Waals surface area (Å²) in [6, 6.07) is 0.458. The minimum Gasteiger partial charge on any atom is -0.381 e. The molecule has 1 fully saturated rings. The molecule has 1 saturated carbocycles. The molecular formula is C7H10N4. The van der Waals surface area contributed by atoms with Crippen LogP contribution in [0.25, 0.3) is 0 Å². The first-order valence-electron chi connectivity index (χ1n) is 3.69. The molecule has 1 aliphatic carbocycles. The number of rotatable bonds is 2. The van der Waals surface area contributed by atoms with Crippen LogP contribution in [0.1, 0.15) is 18.7 Å². The topological polar surface area (TPSA) is 67.1 Å². The van der Waals surface area contributed by atoms with Crippen LogP contribution in [0.15, 0.2) is 17.4 Å². The summed E-state index contributed by atoms with van der Waals surface area (Å²) in [6.45, 7) is 0. The Balaban J connectivity index is 2.15. The van der Waals surface area contributed by atoms with Gasteiger partial charge >= 0.3 is 0 Å². The summed E-state index contributed by atoms with van der Waals surface area (Å²) in [6.07, 6.45) is 5.75. The van der Waals surface area contributed by atoms with Gasteiger partial charge in [-0.15, -0.1) is 0 Å². The Bertz CT molecular complexity index is 258. The zero-order chi connectivity index (χ0) is 7.68. The lowest BCUT2D eigenvalue weighted by Gasteiger charge is -1.92. The van der Waals surface area contributed by atoms with E-state index in [0.29, 0.717) is 17.7 Å². The number of nitrogens with zero attached hydrogens (tertiary/aromatic N) is 2. The van der Waals surface area contributed by atoms with Crippen LogP contribution >= 0.6 is 0 Å². The lowest BCUT2D eigenvalue weighted by atomic mass is 10.5. The molecule has 0 bridgehead atoms. The molecule has 0 atom stereocenters. The van der Waals surface area contributed by atoms with Crippen molar-refractivity contribution < 1.29 is 0 Å². The monoisotopic (exact) mass is 150 g/mol. The zero-order valence-corrected chi connectivity index (χ0v) is 6.12. The van der Waals surface area contributed by atoms with Crippen molar-refractivity contribution in [2.45, 2.75) is 18.9 Å². The highest BCUT2D eigenvalue weighted by molar-refractivity contribution is 5.94. The first-order valence-corrected chi connectivity index (χ1v) is 3.69. The number of hydrogen-bond donors (Lipinski definition) is 2. The number of imidazole rings is 1. The van der Waals surface area contributed by atoms with Gasteiger partial charge in [-0.1, -0.05) is 0 Å². The maximum Gasteiger partial charge on any atom is 0.172 e. The second-order valence-electron chi connectivity index (χ2n) is 2.68. The van der Waals surface area contributed by atoms with Gasteiger partial charge in [0.1, 0.15) is 0 Å². The molecule has 0 amide bonds. The minimum absolute atomic E-state index is 0.458. The highest BCUT2D eigenvalue weighted by Gasteiger charge is 2.20. The van der Waals surface area contributed by atoms with E-state index in [2.05, 4.69) is 15.0 Å². The first kappa shape index (κ1) is 6.39. The number of aromatic nitrogens is 2. The maximum absolute atomic E-state index is 5.64. The Hall–Kier alpha value is -1.32. The Morgan fingerprint density at radius 1 is 1.73 bits per heavy atom. The van der Waals surface area contributed by atoms with E-state index in [0.717, 1.165) is 0 Å². The van der Waals surface area contributed by atoms with E-state index >= 15 is 0 Å². The van der Waals surface area contributed by atoms with Gasteiger partial charge in [-0.25, -0.2) is 4.98 Å². The SMILES string of the molecule is NC(=NC1CC1)c1ncc[nH]1. The van der Waals surface area contributed by atoms with Gasteiger partial charge in [0.2, 0.25) is 0 Å². The van der Waals surface area contributed by atoms with E-state index in [9.17, 15) is 0 Å². The molecule has 1 aromatic rings. The molecule has 3 N–H and O–H groups in total.